The zero-order valence-electron chi connectivity index (χ0n) is 18.9. The standard InChI is InChI=1S/C24H42O4/c1-7-24(5,6)14-21(18-10-9-16(3)17(4)13-18)28-23(27)19-11-8-15(2)12-20(19)22(25)26/h15-21H,7-14H2,1-6H3,(H,25,26). The van der Waals surface area contributed by atoms with Gasteiger partial charge in [0.2, 0.25) is 0 Å². The van der Waals surface area contributed by atoms with Gasteiger partial charge in [-0.2, -0.15) is 0 Å². The molecule has 7 unspecified atom stereocenters. The zero-order chi connectivity index (χ0) is 21.1. The van der Waals surface area contributed by atoms with Crippen LogP contribution in [0.25, 0.3) is 0 Å². The summed E-state index contributed by atoms with van der Waals surface area (Å²) < 4.78 is 6.16. The lowest BCUT2D eigenvalue weighted by molar-refractivity contribution is -0.169. The topological polar surface area (TPSA) is 63.6 Å². The highest BCUT2D eigenvalue weighted by molar-refractivity contribution is 5.81. The number of aliphatic carboxylic acids is 1. The maximum Gasteiger partial charge on any atom is 0.310 e. The van der Waals surface area contributed by atoms with Gasteiger partial charge in [0.1, 0.15) is 6.10 Å². The number of ether oxygens (including phenoxy) is 1. The highest BCUT2D eigenvalue weighted by atomic mass is 16.5. The van der Waals surface area contributed by atoms with Gasteiger partial charge in [0.25, 0.3) is 0 Å². The number of esters is 1. The molecule has 4 heteroatoms. The van der Waals surface area contributed by atoms with E-state index in [0.29, 0.717) is 30.6 Å². The second kappa shape index (κ2) is 9.63. The molecule has 2 saturated carbocycles. The SMILES string of the molecule is CCC(C)(C)CC(OC(=O)C1CCC(C)CC1C(=O)O)C1CCC(C)C(C)C1. The second-order valence-corrected chi connectivity index (χ2v) is 10.7. The molecule has 7 atom stereocenters. The first-order valence-corrected chi connectivity index (χ1v) is 11.5. The van der Waals surface area contributed by atoms with Crippen LogP contribution in [0, 0.1) is 40.9 Å². The molecule has 0 aromatic carbocycles. The molecule has 2 aliphatic rings. The van der Waals surface area contributed by atoms with E-state index in [2.05, 4.69) is 41.5 Å². The van der Waals surface area contributed by atoms with Crippen molar-refractivity contribution < 1.29 is 19.4 Å². The van der Waals surface area contributed by atoms with Crippen LogP contribution in [0.1, 0.15) is 92.9 Å². The van der Waals surface area contributed by atoms with Crippen LogP contribution in [-0.4, -0.2) is 23.1 Å². The second-order valence-electron chi connectivity index (χ2n) is 10.7. The average Bonchev–Trinajstić information content (AvgIpc) is 2.63. The number of hydrogen-bond acceptors (Lipinski definition) is 3. The molecule has 2 aliphatic carbocycles. The lowest BCUT2D eigenvalue weighted by Crippen LogP contribution is -2.41. The molecule has 2 fully saturated rings. The summed E-state index contributed by atoms with van der Waals surface area (Å²) in [7, 11) is 0. The van der Waals surface area contributed by atoms with Crippen molar-refractivity contribution in [2.45, 2.75) is 99.0 Å². The van der Waals surface area contributed by atoms with Crippen LogP contribution >= 0.6 is 0 Å². The number of carbonyl (C=O) groups excluding carboxylic acids is 1. The molecule has 0 heterocycles. The first-order chi connectivity index (χ1) is 13.0. The van der Waals surface area contributed by atoms with E-state index in [4.69, 9.17) is 4.74 Å². The maximum absolute atomic E-state index is 13.1. The molecule has 4 nitrogen and oxygen atoms in total. The van der Waals surface area contributed by atoms with Crippen molar-refractivity contribution in [1.82, 2.24) is 0 Å². The number of rotatable bonds is 7. The molecule has 0 aliphatic heterocycles. The largest absolute Gasteiger partial charge is 0.481 e. The Bertz CT molecular complexity index is 541. The Morgan fingerprint density at radius 3 is 2.25 bits per heavy atom. The molecule has 1 N–H and O–H groups in total. The third-order valence-corrected chi connectivity index (χ3v) is 7.88. The highest BCUT2D eigenvalue weighted by Gasteiger charge is 2.42. The van der Waals surface area contributed by atoms with Crippen molar-refractivity contribution in [1.29, 1.82) is 0 Å². The summed E-state index contributed by atoms with van der Waals surface area (Å²) in [4.78, 5) is 24.9. The first-order valence-electron chi connectivity index (χ1n) is 11.5. The summed E-state index contributed by atoms with van der Waals surface area (Å²) in [6.45, 7) is 13.4. The molecule has 0 aromatic rings. The van der Waals surface area contributed by atoms with Gasteiger partial charge in [0.05, 0.1) is 11.8 Å². The number of carbonyl (C=O) groups is 2. The van der Waals surface area contributed by atoms with Gasteiger partial charge < -0.3 is 9.84 Å². The van der Waals surface area contributed by atoms with Gasteiger partial charge in [-0.1, -0.05) is 54.4 Å². The molecule has 0 aromatic heterocycles. The van der Waals surface area contributed by atoms with Crippen LogP contribution in [0.5, 0.6) is 0 Å². The Morgan fingerprint density at radius 2 is 1.68 bits per heavy atom. The van der Waals surface area contributed by atoms with E-state index in [1.165, 1.54) is 6.42 Å². The van der Waals surface area contributed by atoms with Gasteiger partial charge in [0, 0.05) is 0 Å². The molecule has 0 saturated heterocycles. The molecule has 0 amide bonds. The molecular weight excluding hydrogens is 352 g/mol. The van der Waals surface area contributed by atoms with Crippen molar-refractivity contribution in [3.05, 3.63) is 0 Å². The van der Waals surface area contributed by atoms with E-state index in [1.54, 1.807) is 0 Å². The van der Waals surface area contributed by atoms with E-state index in [9.17, 15) is 14.7 Å². The number of carboxylic acid groups (broad SMARTS) is 1. The Kier molecular flexibility index (Phi) is 7.98. The molecule has 0 bridgehead atoms. The minimum Gasteiger partial charge on any atom is -0.481 e. The summed E-state index contributed by atoms with van der Waals surface area (Å²) in [5.74, 6) is -0.0637. The molecule has 0 radical (unpaired) electrons. The van der Waals surface area contributed by atoms with Crippen molar-refractivity contribution in [3.63, 3.8) is 0 Å². The molecule has 2 rings (SSSR count). The Hall–Kier alpha value is -1.06. The van der Waals surface area contributed by atoms with Gasteiger partial charge in [-0.3, -0.25) is 9.59 Å². The van der Waals surface area contributed by atoms with Crippen LogP contribution in [0.3, 0.4) is 0 Å². The summed E-state index contributed by atoms with van der Waals surface area (Å²) in [5.41, 5.74) is 0.116. The Morgan fingerprint density at radius 1 is 1.00 bits per heavy atom. The third-order valence-electron chi connectivity index (χ3n) is 7.88. The summed E-state index contributed by atoms with van der Waals surface area (Å²) in [6, 6.07) is 0. The zero-order valence-corrected chi connectivity index (χ0v) is 18.9. The van der Waals surface area contributed by atoms with Gasteiger partial charge in [-0.25, -0.2) is 0 Å². The lowest BCUT2D eigenvalue weighted by Gasteiger charge is -2.40. The van der Waals surface area contributed by atoms with Crippen molar-refractivity contribution in [3.8, 4) is 0 Å². The van der Waals surface area contributed by atoms with Crippen molar-refractivity contribution in [2.24, 2.45) is 40.9 Å². The third kappa shape index (κ3) is 5.97. The Labute approximate surface area is 171 Å². The smallest absolute Gasteiger partial charge is 0.310 e. The molecule has 28 heavy (non-hydrogen) atoms. The van der Waals surface area contributed by atoms with Gasteiger partial charge in [-0.15, -0.1) is 0 Å². The average molecular weight is 395 g/mol. The normalized spacial score (nSPS) is 35.2. The summed E-state index contributed by atoms with van der Waals surface area (Å²) in [5, 5.41) is 9.64. The number of hydrogen-bond donors (Lipinski definition) is 1. The van der Waals surface area contributed by atoms with E-state index < -0.39 is 17.8 Å². The fourth-order valence-electron chi connectivity index (χ4n) is 5.09. The quantitative estimate of drug-likeness (QED) is 0.543. The van der Waals surface area contributed by atoms with Crippen LogP contribution in [0.2, 0.25) is 0 Å². The van der Waals surface area contributed by atoms with E-state index in [-0.39, 0.29) is 17.5 Å². The predicted octanol–water partition coefficient (Wildman–Crippen LogP) is 5.93. The van der Waals surface area contributed by atoms with Crippen LogP contribution in [-0.2, 0) is 14.3 Å². The van der Waals surface area contributed by atoms with Crippen molar-refractivity contribution >= 4 is 11.9 Å². The first kappa shape index (κ1) is 23.2. The van der Waals surface area contributed by atoms with Gasteiger partial charge >= 0.3 is 11.9 Å². The minimum absolute atomic E-state index is 0.0915. The minimum atomic E-state index is -0.848. The summed E-state index contributed by atoms with van der Waals surface area (Å²) in [6.07, 6.45) is 7.33. The highest BCUT2D eigenvalue weighted by Crippen LogP contribution is 2.41. The molecular formula is C24H42O4. The van der Waals surface area contributed by atoms with Crippen molar-refractivity contribution in [2.75, 3.05) is 0 Å². The molecule has 0 spiro atoms. The van der Waals surface area contributed by atoms with Crippen LogP contribution in [0.15, 0.2) is 0 Å². The van der Waals surface area contributed by atoms with E-state index in [1.807, 2.05) is 0 Å². The summed E-state index contributed by atoms with van der Waals surface area (Å²) >= 11 is 0. The fourth-order valence-corrected chi connectivity index (χ4v) is 5.09. The van der Waals surface area contributed by atoms with E-state index in [0.717, 1.165) is 38.0 Å². The van der Waals surface area contributed by atoms with Gasteiger partial charge in [-0.05, 0) is 67.6 Å². The monoisotopic (exact) mass is 394 g/mol. The fraction of sp³-hybridized carbons (Fsp3) is 0.917. The van der Waals surface area contributed by atoms with Crippen LogP contribution < -0.4 is 0 Å². The maximum atomic E-state index is 13.1. The van der Waals surface area contributed by atoms with Gasteiger partial charge in [0.15, 0.2) is 0 Å². The predicted molar refractivity (Wildman–Crippen MR) is 112 cm³/mol. The number of carboxylic acids is 1. The Balaban J connectivity index is 2.14. The lowest BCUT2D eigenvalue weighted by atomic mass is 9.70. The van der Waals surface area contributed by atoms with Crippen LogP contribution in [0.4, 0.5) is 0 Å². The molecule has 162 valence electrons. The van der Waals surface area contributed by atoms with E-state index >= 15 is 0 Å².